The predicted octanol–water partition coefficient (Wildman–Crippen LogP) is 3.49. The lowest BCUT2D eigenvalue weighted by Gasteiger charge is -2.29. The molecule has 2 rings (SSSR count). The molecule has 1 aromatic rings. The Balaban J connectivity index is 2.15. The van der Waals surface area contributed by atoms with Gasteiger partial charge in [0.15, 0.2) is 0 Å². The maximum Gasteiger partial charge on any atom is 0.312 e. The summed E-state index contributed by atoms with van der Waals surface area (Å²) in [4.78, 5) is 12.1. The third-order valence-corrected chi connectivity index (χ3v) is 3.59. The average molecular weight is 248 g/mol. The number of hydrogen-bond acceptors (Lipinski definition) is 3. The summed E-state index contributed by atoms with van der Waals surface area (Å²) in [6.45, 7) is 6.43. The van der Waals surface area contributed by atoms with Crippen LogP contribution in [0.25, 0.3) is 0 Å². The quantitative estimate of drug-likeness (QED) is 0.768. The highest BCUT2D eigenvalue weighted by Gasteiger charge is 2.32. The third kappa shape index (κ3) is 2.50. The summed E-state index contributed by atoms with van der Waals surface area (Å²) in [6.07, 6.45) is 1.33. The Morgan fingerprint density at radius 1 is 1.44 bits per heavy atom. The van der Waals surface area contributed by atoms with E-state index in [0.717, 1.165) is 24.2 Å². The summed E-state index contributed by atoms with van der Waals surface area (Å²) in [5.74, 6) is 0.697. The van der Waals surface area contributed by atoms with Crippen molar-refractivity contribution in [3.05, 3.63) is 29.8 Å². The van der Waals surface area contributed by atoms with Crippen LogP contribution in [-0.2, 0) is 9.53 Å². The second-order valence-corrected chi connectivity index (χ2v) is 5.31. The molecule has 1 heterocycles. The Morgan fingerprint density at radius 3 is 2.89 bits per heavy atom. The van der Waals surface area contributed by atoms with Gasteiger partial charge < -0.3 is 9.47 Å². The molecular formula is C15H20O3. The average Bonchev–Trinajstić information content (AvgIpc) is 2.39. The molecule has 3 nitrogen and oxygen atoms in total. The highest BCUT2D eigenvalue weighted by molar-refractivity contribution is 5.76. The Morgan fingerprint density at radius 2 is 2.17 bits per heavy atom. The molecule has 0 aliphatic carbocycles. The molecule has 0 spiro atoms. The van der Waals surface area contributed by atoms with Crippen LogP contribution in [0.1, 0.15) is 45.3 Å². The number of hydrogen-bond donors (Lipinski definition) is 0. The van der Waals surface area contributed by atoms with Crippen LogP contribution >= 0.6 is 0 Å². The molecule has 1 aliphatic heterocycles. The third-order valence-electron chi connectivity index (χ3n) is 3.59. The zero-order chi connectivity index (χ0) is 13.2. The van der Waals surface area contributed by atoms with Crippen LogP contribution in [0.15, 0.2) is 24.3 Å². The Labute approximate surface area is 108 Å². The summed E-state index contributed by atoms with van der Waals surface area (Å²) in [5.41, 5.74) is 0.553. The van der Waals surface area contributed by atoms with Crippen molar-refractivity contribution in [2.45, 2.75) is 39.7 Å². The number of carbonyl (C=O) groups excluding carboxylic acids is 1. The highest BCUT2D eigenvalue weighted by Crippen LogP contribution is 2.36. The molecule has 0 N–H and O–H groups in total. The van der Waals surface area contributed by atoms with Gasteiger partial charge in [0.05, 0.1) is 12.0 Å². The smallest absolute Gasteiger partial charge is 0.312 e. The normalized spacial score (nSPS) is 18.7. The first-order valence-corrected chi connectivity index (χ1v) is 6.47. The lowest BCUT2D eigenvalue weighted by Crippen LogP contribution is -2.29. The van der Waals surface area contributed by atoms with Gasteiger partial charge in [-0.15, -0.1) is 0 Å². The number of rotatable bonds is 3. The van der Waals surface area contributed by atoms with Crippen molar-refractivity contribution < 1.29 is 14.3 Å². The summed E-state index contributed by atoms with van der Waals surface area (Å²) >= 11 is 0. The lowest BCUT2D eigenvalue weighted by molar-refractivity contribution is -0.161. The lowest BCUT2D eigenvalue weighted by atomic mass is 9.90. The van der Waals surface area contributed by atoms with Crippen molar-refractivity contribution in [1.82, 2.24) is 0 Å². The highest BCUT2D eigenvalue weighted by atomic mass is 16.6. The van der Waals surface area contributed by atoms with Gasteiger partial charge in [0, 0.05) is 12.0 Å². The summed E-state index contributed by atoms with van der Waals surface area (Å²) < 4.78 is 11.2. The van der Waals surface area contributed by atoms with Crippen molar-refractivity contribution in [2.75, 3.05) is 6.61 Å². The Kier molecular flexibility index (Phi) is 3.60. The van der Waals surface area contributed by atoms with Crippen molar-refractivity contribution in [2.24, 2.45) is 5.41 Å². The van der Waals surface area contributed by atoms with Gasteiger partial charge in [0.25, 0.3) is 0 Å². The molecule has 0 aromatic heterocycles. The molecule has 0 saturated heterocycles. The molecular weight excluding hydrogens is 228 g/mol. The molecule has 98 valence electrons. The minimum absolute atomic E-state index is 0.133. The van der Waals surface area contributed by atoms with Crippen LogP contribution in [-0.4, -0.2) is 12.6 Å². The molecule has 0 bridgehead atoms. The molecule has 1 aliphatic rings. The number of esters is 1. The van der Waals surface area contributed by atoms with Gasteiger partial charge in [-0.3, -0.25) is 4.79 Å². The first kappa shape index (κ1) is 12.9. The van der Waals surface area contributed by atoms with E-state index < -0.39 is 5.41 Å². The largest absolute Gasteiger partial charge is 0.493 e. The molecule has 1 atom stereocenters. The van der Waals surface area contributed by atoms with E-state index in [-0.39, 0.29) is 12.1 Å². The molecule has 0 amide bonds. The zero-order valence-electron chi connectivity index (χ0n) is 11.2. The molecule has 1 aromatic carbocycles. The van der Waals surface area contributed by atoms with E-state index in [1.807, 2.05) is 45.0 Å². The molecule has 0 saturated carbocycles. The number of carbonyl (C=O) groups is 1. The molecule has 18 heavy (non-hydrogen) atoms. The summed E-state index contributed by atoms with van der Waals surface area (Å²) in [7, 11) is 0. The van der Waals surface area contributed by atoms with Crippen LogP contribution in [0.5, 0.6) is 5.75 Å². The molecule has 0 fully saturated rings. The van der Waals surface area contributed by atoms with E-state index in [1.165, 1.54) is 0 Å². The van der Waals surface area contributed by atoms with Crippen molar-refractivity contribution in [3.63, 3.8) is 0 Å². The van der Waals surface area contributed by atoms with Crippen LogP contribution in [0.3, 0.4) is 0 Å². The standard InChI is InChI=1S/C15H20O3/c1-4-15(2,3)14(16)18-13-9-10-17-12-8-6-5-7-11(12)13/h5-8,13H,4,9-10H2,1-3H3. The van der Waals surface area contributed by atoms with Crippen LogP contribution in [0.2, 0.25) is 0 Å². The first-order chi connectivity index (χ1) is 8.54. The monoisotopic (exact) mass is 248 g/mol. The molecule has 3 heteroatoms. The van der Waals surface area contributed by atoms with Gasteiger partial charge in [0.1, 0.15) is 11.9 Å². The number of para-hydroxylation sites is 1. The fourth-order valence-electron chi connectivity index (χ4n) is 1.86. The van der Waals surface area contributed by atoms with Gasteiger partial charge in [-0.1, -0.05) is 25.1 Å². The second kappa shape index (κ2) is 5.01. The van der Waals surface area contributed by atoms with Crippen LogP contribution in [0.4, 0.5) is 0 Å². The second-order valence-electron chi connectivity index (χ2n) is 5.31. The van der Waals surface area contributed by atoms with E-state index in [4.69, 9.17) is 9.47 Å². The van der Waals surface area contributed by atoms with Crippen molar-refractivity contribution in [3.8, 4) is 5.75 Å². The molecule has 0 radical (unpaired) electrons. The van der Waals surface area contributed by atoms with Crippen molar-refractivity contribution in [1.29, 1.82) is 0 Å². The maximum absolute atomic E-state index is 12.1. The number of benzene rings is 1. The predicted molar refractivity (Wildman–Crippen MR) is 69.5 cm³/mol. The van der Waals surface area contributed by atoms with Gasteiger partial charge in [-0.2, -0.15) is 0 Å². The van der Waals surface area contributed by atoms with E-state index in [1.54, 1.807) is 0 Å². The van der Waals surface area contributed by atoms with Crippen LogP contribution < -0.4 is 4.74 Å². The topological polar surface area (TPSA) is 35.5 Å². The summed E-state index contributed by atoms with van der Waals surface area (Å²) in [5, 5.41) is 0. The first-order valence-electron chi connectivity index (χ1n) is 6.47. The fraction of sp³-hybridized carbons (Fsp3) is 0.533. The van der Waals surface area contributed by atoms with E-state index >= 15 is 0 Å². The molecule has 1 unspecified atom stereocenters. The summed E-state index contributed by atoms with van der Waals surface area (Å²) in [6, 6.07) is 7.75. The van der Waals surface area contributed by atoms with E-state index in [0.29, 0.717) is 6.61 Å². The SMILES string of the molecule is CCC(C)(C)C(=O)OC1CCOc2ccccc21. The van der Waals surface area contributed by atoms with Gasteiger partial charge >= 0.3 is 5.97 Å². The van der Waals surface area contributed by atoms with Gasteiger partial charge in [-0.25, -0.2) is 0 Å². The van der Waals surface area contributed by atoms with E-state index in [9.17, 15) is 4.79 Å². The maximum atomic E-state index is 12.1. The minimum atomic E-state index is -0.423. The Bertz CT molecular complexity index is 437. The Hall–Kier alpha value is -1.51. The van der Waals surface area contributed by atoms with Crippen molar-refractivity contribution >= 4 is 5.97 Å². The van der Waals surface area contributed by atoms with Gasteiger partial charge in [0.2, 0.25) is 0 Å². The van der Waals surface area contributed by atoms with E-state index in [2.05, 4.69) is 0 Å². The fourth-order valence-corrected chi connectivity index (χ4v) is 1.86. The number of fused-ring (bicyclic) bond motifs is 1. The van der Waals surface area contributed by atoms with Crippen LogP contribution in [0, 0.1) is 5.41 Å². The minimum Gasteiger partial charge on any atom is -0.493 e. The zero-order valence-corrected chi connectivity index (χ0v) is 11.2. The van der Waals surface area contributed by atoms with Gasteiger partial charge in [-0.05, 0) is 26.3 Å². The number of ether oxygens (including phenoxy) is 2.